The largest absolute Gasteiger partial charge is 0.496 e. The van der Waals surface area contributed by atoms with Gasteiger partial charge in [0.25, 0.3) is 0 Å². The van der Waals surface area contributed by atoms with E-state index in [0.29, 0.717) is 6.54 Å². The van der Waals surface area contributed by atoms with Crippen LogP contribution in [-0.2, 0) is 11.2 Å². The van der Waals surface area contributed by atoms with E-state index in [2.05, 4.69) is 5.32 Å². The van der Waals surface area contributed by atoms with Crippen LogP contribution in [0.2, 0.25) is 0 Å². The number of carbonyl (C=O) groups is 1. The Balaban J connectivity index is 2.48. The third kappa shape index (κ3) is 1.68. The molecule has 1 atom stereocenters. The summed E-state index contributed by atoms with van der Waals surface area (Å²) in [4.78, 5) is 11.0. The monoisotopic (exact) mass is 207 g/mol. The fraction of sp³-hybridized carbons (Fsp3) is 0.364. The minimum absolute atomic E-state index is 0.608. The van der Waals surface area contributed by atoms with Crippen LogP contribution in [-0.4, -0.2) is 24.7 Å². The zero-order valence-electron chi connectivity index (χ0n) is 8.49. The zero-order valence-corrected chi connectivity index (χ0v) is 8.49. The third-order valence-corrected chi connectivity index (χ3v) is 2.67. The van der Waals surface area contributed by atoms with Crippen molar-refractivity contribution >= 4 is 5.97 Å². The molecule has 1 aliphatic rings. The standard InChI is InChI=1S/C11H13NO3/c1-15-9-4-2-3-8-7(9)5-6-12-10(8)11(13)14/h2-4,10,12H,5-6H2,1H3,(H,13,14)/t10-/m0/s1. The molecule has 0 unspecified atom stereocenters. The number of aliphatic carboxylic acids is 1. The van der Waals surface area contributed by atoms with E-state index in [4.69, 9.17) is 9.84 Å². The maximum Gasteiger partial charge on any atom is 0.325 e. The van der Waals surface area contributed by atoms with Gasteiger partial charge in [0.15, 0.2) is 0 Å². The summed E-state index contributed by atoms with van der Waals surface area (Å²) in [6.07, 6.45) is 0.809. The molecule has 4 nitrogen and oxygen atoms in total. The van der Waals surface area contributed by atoms with Gasteiger partial charge in [0.1, 0.15) is 11.8 Å². The van der Waals surface area contributed by atoms with Gasteiger partial charge in [0, 0.05) is 12.1 Å². The van der Waals surface area contributed by atoms with E-state index in [-0.39, 0.29) is 0 Å². The second-order valence-electron chi connectivity index (χ2n) is 3.50. The van der Waals surface area contributed by atoms with Gasteiger partial charge in [-0.3, -0.25) is 4.79 Å². The normalized spacial score (nSPS) is 19.4. The molecule has 2 N–H and O–H groups in total. The molecule has 0 aliphatic carbocycles. The molecule has 0 amide bonds. The Morgan fingerprint density at radius 3 is 3.07 bits per heavy atom. The smallest absolute Gasteiger partial charge is 0.325 e. The summed E-state index contributed by atoms with van der Waals surface area (Å²) < 4.78 is 5.22. The van der Waals surface area contributed by atoms with Crippen molar-refractivity contribution < 1.29 is 14.6 Å². The number of nitrogens with one attached hydrogen (secondary N) is 1. The summed E-state index contributed by atoms with van der Waals surface area (Å²) in [7, 11) is 1.60. The first kappa shape index (κ1) is 9.98. The van der Waals surface area contributed by atoms with Crippen molar-refractivity contribution in [1.29, 1.82) is 0 Å². The molecule has 0 saturated heterocycles. The number of rotatable bonds is 2. The van der Waals surface area contributed by atoms with E-state index in [1.54, 1.807) is 7.11 Å². The van der Waals surface area contributed by atoms with Crippen LogP contribution in [0.5, 0.6) is 5.75 Å². The van der Waals surface area contributed by atoms with E-state index in [1.165, 1.54) is 0 Å². The van der Waals surface area contributed by atoms with Crippen molar-refractivity contribution in [3.8, 4) is 5.75 Å². The van der Waals surface area contributed by atoms with Gasteiger partial charge in [-0.15, -0.1) is 0 Å². The van der Waals surface area contributed by atoms with Crippen LogP contribution in [0.15, 0.2) is 18.2 Å². The molecule has 1 aromatic carbocycles. The summed E-state index contributed by atoms with van der Waals surface area (Å²) in [5.74, 6) is -0.0653. The molecule has 0 aromatic heterocycles. The predicted octanol–water partition coefficient (Wildman–Crippen LogP) is 0.967. The summed E-state index contributed by atoms with van der Waals surface area (Å²) >= 11 is 0. The van der Waals surface area contributed by atoms with Crippen LogP contribution in [0, 0.1) is 0 Å². The van der Waals surface area contributed by atoms with Crippen LogP contribution >= 0.6 is 0 Å². The predicted molar refractivity (Wildman–Crippen MR) is 55.1 cm³/mol. The molecule has 0 radical (unpaired) electrons. The third-order valence-electron chi connectivity index (χ3n) is 2.67. The van der Waals surface area contributed by atoms with Gasteiger partial charge < -0.3 is 15.2 Å². The molecule has 0 fully saturated rings. The van der Waals surface area contributed by atoms with Gasteiger partial charge in [0.05, 0.1) is 7.11 Å². The van der Waals surface area contributed by atoms with Crippen LogP contribution in [0.3, 0.4) is 0 Å². The molecule has 0 saturated carbocycles. The number of hydrogen-bond acceptors (Lipinski definition) is 3. The van der Waals surface area contributed by atoms with Crippen molar-refractivity contribution in [2.45, 2.75) is 12.5 Å². The highest BCUT2D eigenvalue weighted by Crippen LogP contribution is 2.30. The van der Waals surface area contributed by atoms with Crippen LogP contribution < -0.4 is 10.1 Å². The summed E-state index contributed by atoms with van der Waals surface area (Å²) in [6, 6.07) is 4.91. The molecule has 15 heavy (non-hydrogen) atoms. The zero-order chi connectivity index (χ0) is 10.8. The summed E-state index contributed by atoms with van der Waals surface area (Å²) in [5.41, 5.74) is 1.82. The Kier molecular flexibility index (Phi) is 2.60. The van der Waals surface area contributed by atoms with Crippen LogP contribution in [0.4, 0.5) is 0 Å². The maximum atomic E-state index is 11.0. The first-order valence-electron chi connectivity index (χ1n) is 4.86. The van der Waals surface area contributed by atoms with Gasteiger partial charge in [-0.05, 0) is 18.1 Å². The SMILES string of the molecule is COc1cccc2c1CCN[C@@H]2C(=O)O. The Morgan fingerprint density at radius 2 is 2.40 bits per heavy atom. The minimum atomic E-state index is -0.843. The number of hydrogen-bond donors (Lipinski definition) is 2. The average molecular weight is 207 g/mol. The fourth-order valence-corrected chi connectivity index (χ4v) is 1.98. The van der Waals surface area contributed by atoms with Crippen molar-refractivity contribution in [3.05, 3.63) is 29.3 Å². The average Bonchev–Trinajstić information content (AvgIpc) is 2.27. The Labute approximate surface area is 87.9 Å². The molecule has 4 heteroatoms. The second kappa shape index (κ2) is 3.90. The first-order chi connectivity index (χ1) is 7.24. The lowest BCUT2D eigenvalue weighted by molar-refractivity contribution is -0.139. The van der Waals surface area contributed by atoms with Gasteiger partial charge in [-0.2, -0.15) is 0 Å². The number of benzene rings is 1. The lowest BCUT2D eigenvalue weighted by Gasteiger charge is -2.25. The van der Waals surface area contributed by atoms with Crippen LogP contribution in [0.25, 0.3) is 0 Å². The number of fused-ring (bicyclic) bond motifs is 1. The van der Waals surface area contributed by atoms with E-state index in [9.17, 15) is 4.79 Å². The van der Waals surface area contributed by atoms with Crippen LogP contribution in [0.1, 0.15) is 17.2 Å². The van der Waals surface area contributed by atoms with Crippen molar-refractivity contribution in [3.63, 3.8) is 0 Å². The molecule has 1 heterocycles. The van der Waals surface area contributed by atoms with Gasteiger partial charge >= 0.3 is 5.97 Å². The highest BCUT2D eigenvalue weighted by Gasteiger charge is 2.27. The van der Waals surface area contributed by atoms with Crippen molar-refractivity contribution in [1.82, 2.24) is 5.32 Å². The van der Waals surface area contributed by atoms with Gasteiger partial charge in [0.2, 0.25) is 0 Å². The number of ether oxygens (including phenoxy) is 1. The molecule has 0 spiro atoms. The molecular weight excluding hydrogens is 194 g/mol. The van der Waals surface area contributed by atoms with E-state index in [1.807, 2.05) is 18.2 Å². The number of methoxy groups -OCH3 is 1. The van der Waals surface area contributed by atoms with Crippen molar-refractivity contribution in [2.24, 2.45) is 0 Å². The van der Waals surface area contributed by atoms with Gasteiger partial charge in [-0.25, -0.2) is 0 Å². The molecule has 0 bridgehead atoms. The Hall–Kier alpha value is -1.55. The molecule has 1 aliphatic heterocycles. The lowest BCUT2D eigenvalue weighted by atomic mass is 9.93. The number of carboxylic acid groups (broad SMARTS) is 1. The summed E-state index contributed by atoms with van der Waals surface area (Å²) in [6.45, 7) is 0.671. The van der Waals surface area contributed by atoms with Gasteiger partial charge in [-0.1, -0.05) is 12.1 Å². The Bertz CT molecular complexity index is 389. The molecule has 2 rings (SSSR count). The minimum Gasteiger partial charge on any atom is -0.496 e. The number of carboxylic acids is 1. The second-order valence-corrected chi connectivity index (χ2v) is 3.50. The van der Waals surface area contributed by atoms with E-state index < -0.39 is 12.0 Å². The first-order valence-corrected chi connectivity index (χ1v) is 4.86. The van der Waals surface area contributed by atoms with Crippen molar-refractivity contribution in [2.75, 3.05) is 13.7 Å². The molecule has 1 aromatic rings. The highest BCUT2D eigenvalue weighted by atomic mass is 16.5. The fourth-order valence-electron chi connectivity index (χ4n) is 1.98. The quantitative estimate of drug-likeness (QED) is 0.758. The Morgan fingerprint density at radius 1 is 1.60 bits per heavy atom. The van der Waals surface area contributed by atoms with E-state index in [0.717, 1.165) is 23.3 Å². The molecular formula is C11H13NO3. The topological polar surface area (TPSA) is 58.6 Å². The van der Waals surface area contributed by atoms with E-state index >= 15 is 0 Å². The maximum absolute atomic E-state index is 11.0. The summed E-state index contributed by atoms with van der Waals surface area (Å²) in [5, 5.41) is 12.0. The lowest BCUT2D eigenvalue weighted by Crippen LogP contribution is -2.35. The molecule has 80 valence electrons. The highest BCUT2D eigenvalue weighted by molar-refractivity contribution is 5.77.